The quantitative estimate of drug-likeness (QED) is 0.566. The smallest absolute Gasteiger partial charge is 0.354 e. The minimum Gasteiger partial charge on any atom is -0.354 e. The van der Waals surface area contributed by atoms with Crippen LogP contribution in [0.25, 0.3) is 0 Å². The van der Waals surface area contributed by atoms with Crippen LogP contribution in [0.5, 0.6) is 0 Å². The predicted molar refractivity (Wildman–Crippen MR) is 95.9 cm³/mol. The average molecular weight is 430 g/mol. The van der Waals surface area contributed by atoms with Gasteiger partial charge in [-0.15, -0.1) is 0 Å². The highest BCUT2D eigenvalue weighted by atomic mass is 32.2. The maximum atomic E-state index is 12.9. The summed E-state index contributed by atoms with van der Waals surface area (Å²) in [6, 6.07) is 7.21. The van der Waals surface area contributed by atoms with Crippen LogP contribution >= 0.6 is 0 Å². The molecular weight excluding hydrogens is 413 g/mol. The summed E-state index contributed by atoms with van der Waals surface area (Å²) in [5, 5.41) is 8.83. The SMILES string of the molecule is O=C(NO)c1ccccc1S(=O)(=O)N1CCN(c2cc(C(F)(F)F)ccn2)CC1. The Morgan fingerprint density at radius 3 is 2.38 bits per heavy atom. The Morgan fingerprint density at radius 2 is 1.76 bits per heavy atom. The van der Waals surface area contributed by atoms with Gasteiger partial charge in [-0.25, -0.2) is 18.9 Å². The number of benzene rings is 1. The van der Waals surface area contributed by atoms with Gasteiger partial charge in [-0.3, -0.25) is 10.0 Å². The van der Waals surface area contributed by atoms with Crippen molar-refractivity contribution in [3.8, 4) is 0 Å². The average Bonchev–Trinajstić information content (AvgIpc) is 2.72. The monoisotopic (exact) mass is 430 g/mol. The Bertz CT molecular complexity index is 1010. The van der Waals surface area contributed by atoms with Gasteiger partial charge in [0.25, 0.3) is 5.91 Å². The fourth-order valence-electron chi connectivity index (χ4n) is 3.00. The normalized spacial score (nSPS) is 15.9. The lowest BCUT2D eigenvalue weighted by Gasteiger charge is -2.35. The van der Waals surface area contributed by atoms with Crippen LogP contribution < -0.4 is 10.4 Å². The molecule has 8 nitrogen and oxygen atoms in total. The van der Waals surface area contributed by atoms with E-state index < -0.39 is 27.7 Å². The second-order valence-electron chi connectivity index (χ2n) is 6.23. The van der Waals surface area contributed by atoms with Crippen LogP contribution in [0.4, 0.5) is 19.0 Å². The van der Waals surface area contributed by atoms with Crippen LogP contribution in [-0.4, -0.2) is 55.0 Å². The number of halogens is 3. The molecule has 3 rings (SSSR count). The predicted octanol–water partition coefficient (Wildman–Crippen LogP) is 1.73. The van der Waals surface area contributed by atoms with Crippen molar-refractivity contribution in [2.24, 2.45) is 0 Å². The zero-order valence-electron chi connectivity index (χ0n) is 14.9. The van der Waals surface area contributed by atoms with Crippen molar-refractivity contribution in [1.29, 1.82) is 0 Å². The fraction of sp³-hybridized carbons (Fsp3) is 0.294. The lowest BCUT2D eigenvalue weighted by molar-refractivity contribution is -0.137. The van der Waals surface area contributed by atoms with E-state index in [0.717, 1.165) is 22.6 Å². The van der Waals surface area contributed by atoms with Crippen molar-refractivity contribution in [2.75, 3.05) is 31.1 Å². The summed E-state index contributed by atoms with van der Waals surface area (Å²) < 4.78 is 65.7. The van der Waals surface area contributed by atoms with Crippen molar-refractivity contribution in [1.82, 2.24) is 14.8 Å². The van der Waals surface area contributed by atoms with E-state index in [-0.39, 0.29) is 42.5 Å². The summed E-state index contributed by atoms with van der Waals surface area (Å²) in [4.78, 5) is 17.0. The molecule has 1 aromatic carbocycles. The molecule has 1 saturated heterocycles. The third-order valence-electron chi connectivity index (χ3n) is 4.49. The third kappa shape index (κ3) is 4.33. The van der Waals surface area contributed by atoms with E-state index in [2.05, 4.69) is 4.98 Å². The van der Waals surface area contributed by atoms with Gasteiger partial charge in [0, 0.05) is 32.4 Å². The van der Waals surface area contributed by atoms with Gasteiger partial charge < -0.3 is 4.90 Å². The lowest BCUT2D eigenvalue weighted by atomic mass is 10.2. The molecule has 0 spiro atoms. The third-order valence-corrected chi connectivity index (χ3v) is 6.44. The molecule has 0 atom stereocenters. The molecule has 0 unspecified atom stereocenters. The maximum absolute atomic E-state index is 12.9. The van der Waals surface area contributed by atoms with E-state index in [4.69, 9.17) is 5.21 Å². The number of hydroxylamine groups is 1. The highest BCUT2D eigenvalue weighted by molar-refractivity contribution is 7.89. The zero-order valence-corrected chi connectivity index (χ0v) is 15.7. The molecule has 1 fully saturated rings. The first kappa shape index (κ1) is 21.0. The number of carbonyl (C=O) groups excluding carboxylic acids is 1. The first-order chi connectivity index (χ1) is 13.6. The van der Waals surface area contributed by atoms with E-state index in [9.17, 15) is 26.4 Å². The standard InChI is InChI=1S/C17H17F3N4O4S/c18-17(19,20)12-5-6-21-15(11-12)23-7-9-24(10-8-23)29(27,28)14-4-2-1-3-13(14)16(25)22-26/h1-6,11,26H,7-10H2,(H,22,25). The first-order valence-electron chi connectivity index (χ1n) is 8.46. The number of alkyl halides is 3. The Kier molecular flexibility index (Phi) is 5.78. The number of hydrogen-bond donors (Lipinski definition) is 2. The van der Waals surface area contributed by atoms with Crippen molar-refractivity contribution in [3.05, 3.63) is 53.7 Å². The maximum Gasteiger partial charge on any atom is 0.416 e. The van der Waals surface area contributed by atoms with Crippen LogP contribution in [0, 0.1) is 0 Å². The molecule has 0 bridgehead atoms. The topological polar surface area (TPSA) is 103 Å². The molecule has 1 aliphatic heterocycles. The Morgan fingerprint density at radius 1 is 1.10 bits per heavy atom. The number of rotatable bonds is 4. The molecule has 1 amide bonds. The van der Waals surface area contributed by atoms with Crippen molar-refractivity contribution < 1.29 is 31.6 Å². The van der Waals surface area contributed by atoms with E-state index in [0.29, 0.717) is 0 Å². The molecule has 156 valence electrons. The van der Waals surface area contributed by atoms with Crippen molar-refractivity contribution >= 4 is 21.7 Å². The van der Waals surface area contributed by atoms with E-state index in [1.54, 1.807) is 4.90 Å². The number of anilines is 1. The molecule has 0 saturated carbocycles. The summed E-state index contributed by atoms with van der Waals surface area (Å²) in [6.45, 7) is 0.245. The highest BCUT2D eigenvalue weighted by Crippen LogP contribution is 2.31. The minimum absolute atomic E-state index is 0.00463. The Hall–Kier alpha value is -2.70. The molecular formula is C17H17F3N4O4S. The molecule has 2 heterocycles. The number of pyridine rings is 1. The molecule has 12 heteroatoms. The number of hydrogen-bond acceptors (Lipinski definition) is 6. The van der Waals surface area contributed by atoms with Gasteiger partial charge in [-0.05, 0) is 24.3 Å². The summed E-state index contributed by atoms with van der Waals surface area (Å²) in [5.74, 6) is -0.854. The number of piperazine rings is 1. The Balaban J connectivity index is 1.79. The summed E-state index contributed by atoms with van der Waals surface area (Å²) in [5.41, 5.74) is 0.369. The molecule has 0 radical (unpaired) electrons. The van der Waals surface area contributed by atoms with Gasteiger partial charge in [-0.2, -0.15) is 17.5 Å². The molecule has 2 N–H and O–H groups in total. The lowest BCUT2D eigenvalue weighted by Crippen LogP contribution is -2.49. The number of aromatic nitrogens is 1. The molecule has 29 heavy (non-hydrogen) atoms. The highest BCUT2D eigenvalue weighted by Gasteiger charge is 2.34. The van der Waals surface area contributed by atoms with E-state index in [1.807, 2.05) is 0 Å². The summed E-state index contributed by atoms with van der Waals surface area (Å²) >= 11 is 0. The van der Waals surface area contributed by atoms with E-state index in [1.165, 1.54) is 29.7 Å². The summed E-state index contributed by atoms with van der Waals surface area (Å²) in [7, 11) is -4.05. The Labute approximate surface area is 164 Å². The van der Waals surface area contributed by atoms with Crippen LogP contribution in [0.1, 0.15) is 15.9 Å². The van der Waals surface area contributed by atoms with Crippen LogP contribution in [0.3, 0.4) is 0 Å². The van der Waals surface area contributed by atoms with Crippen LogP contribution in [0.15, 0.2) is 47.5 Å². The minimum atomic E-state index is -4.50. The molecule has 1 aromatic heterocycles. The van der Waals surface area contributed by atoms with Gasteiger partial charge in [0.2, 0.25) is 10.0 Å². The largest absolute Gasteiger partial charge is 0.416 e. The van der Waals surface area contributed by atoms with Gasteiger partial charge in [0.1, 0.15) is 5.82 Å². The van der Waals surface area contributed by atoms with E-state index >= 15 is 0 Å². The number of carbonyl (C=O) groups is 1. The number of nitrogens with one attached hydrogen (secondary N) is 1. The molecule has 0 aliphatic carbocycles. The van der Waals surface area contributed by atoms with Gasteiger partial charge in [0.15, 0.2) is 0 Å². The van der Waals surface area contributed by atoms with Crippen LogP contribution in [-0.2, 0) is 16.2 Å². The van der Waals surface area contributed by atoms with Gasteiger partial charge in [-0.1, -0.05) is 12.1 Å². The fourth-order valence-corrected chi connectivity index (χ4v) is 4.62. The second-order valence-corrected chi connectivity index (χ2v) is 8.14. The number of nitrogens with zero attached hydrogens (tertiary/aromatic N) is 3. The zero-order chi connectivity index (χ0) is 21.2. The molecule has 2 aromatic rings. The van der Waals surface area contributed by atoms with Crippen molar-refractivity contribution in [3.63, 3.8) is 0 Å². The number of amides is 1. The van der Waals surface area contributed by atoms with Crippen molar-refractivity contribution in [2.45, 2.75) is 11.1 Å². The molecule has 1 aliphatic rings. The van der Waals surface area contributed by atoms with Gasteiger partial charge in [0.05, 0.1) is 16.0 Å². The van der Waals surface area contributed by atoms with Crippen LogP contribution in [0.2, 0.25) is 0 Å². The first-order valence-corrected chi connectivity index (χ1v) is 9.90. The summed E-state index contributed by atoms with van der Waals surface area (Å²) in [6.07, 6.45) is -3.44. The van der Waals surface area contributed by atoms with Gasteiger partial charge >= 0.3 is 6.18 Å². The number of sulfonamides is 1. The second kappa shape index (κ2) is 7.97.